The van der Waals surface area contributed by atoms with Crippen LogP contribution in [0.2, 0.25) is 0 Å². The molecule has 80 valence electrons. The van der Waals surface area contributed by atoms with Gasteiger partial charge in [-0.05, 0) is 38.0 Å². The molecule has 2 saturated carbocycles. The van der Waals surface area contributed by atoms with Gasteiger partial charge in [0, 0.05) is 12.6 Å². The summed E-state index contributed by atoms with van der Waals surface area (Å²) in [5.74, 6) is 0.668. The average Bonchev–Trinajstić information content (AvgIpc) is 3.03. The molecule has 0 N–H and O–H groups in total. The molecule has 2 aliphatic carbocycles. The van der Waals surface area contributed by atoms with Gasteiger partial charge in [-0.2, -0.15) is 0 Å². The molecule has 0 aromatic carbocycles. The van der Waals surface area contributed by atoms with E-state index in [0.717, 1.165) is 13.0 Å². The largest absolute Gasteiger partial charge is 0.449 e. The van der Waals surface area contributed by atoms with Crippen LogP contribution in [-0.2, 0) is 4.74 Å². The van der Waals surface area contributed by atoms with Gasteiger partial charge in [0.2, 0.25) is 0 Å². The number of rotatable bonds is 5. The van der Waals surface area contributed by atoms with E-state index in [4.69, 9.17) is 4.74 Å². The van der Waals surface area contributed by atoms with Gasteiger partial charge in [0.05, 0.1) is 6.61 Å². The molecule has 0 aromatic heterocycles. The van der Waals surface area contributed by atoms with Crippen molar-refractivity contribution < 1.29 is 9.53 Å². The smallest absolute Gasteiger partial charge is 0.410 e. The van der Waals surface area contributed by atoms with Gasteiger partial charge in [0.25, 0.3) is 0 Å². The monoisotopic (exact) mass is 197 g/mol. The van der Waals surface area contributed by atoms with E-state index in [-0.39, 0.29) is 6.09 Å². The van der Waals surface area contributed by atoms with Crippen molar-refractivity contribution in [1.29, 1.82) is 0 Å². The van der Waals surface area contributed by atoms with Gasteiger partial charge < -0.3 is 9.64 Å². The molecule has 2 aliphatic rings. The lowest BCUT2D eigenvalue weighted by molar-refractivity contribution is 0.0955. The van der Waals surface area contributed by atoms with Crippen LogP contribution in [0.3, 0.4) is 0 Å². The Kier molecular flexibility index (Phi) is 2.94. The molecule has 2 rings (SSSR count). The summed E-state index contributed by atoms with van der Waals surface area (Å²) in [6.45, 7) is 3.60. The first kappa shape index (κ1) is 9.81. The van der Waals surface area contributed by atoms with Gasteiger partial charge in [-0.15, -0.1) is 0 Å². The summed E-state index contributed by atoms with van der Waals surface area (Å²) in [5.41, 5.74) is 0. The van der Waals surface area contributed by atoms with Crippen molar-refractivity contribution in [3.8, 4) is 0 Å². The number of carbonyl (C=O) groups excluding carboxylic acids is 1. The van der Waals surface area contributed by atoms with Crippen LogP contribution in [0.4, 0.5) is 4.79 Å². The van der Waals surface area contributed by atoms with E-state index in [9.17, 15) is 4.79 Å². The van der Waals surface area contributed by atoms with Crippen molar-refractivity contribution in [2.45, 2.75) is 45.1 Å². The molecule has 0 aromatic rings. The van der Waals surface area contributed by atoms with Gasteiger partial charge in [0.15, 0.2) is 0 Å². The Morgan fingerprint density at radius 2 is 2.07 bits per heavy atom. The predicted molar refractivity (Wildman–Crippen MR) is 54.1 cm³/mol. The second-order valence-electron chi connectivity index (χ2n) is 4.44. The average molecular weight is 197 g/mol. The number of hydrogen-bond acceptors (Lipinski definition) is 2. The minimum absolute atomic E-state index is 0.0822. The molecule has 0 atom stereocenters. The number of carbonyl (C=O) groups is 1. The second kappa shape index (κ2) is 4.20. The number of ether oxygens (including phenoxy) is 1. The van der Waals surface area contributed by atoms with E-state index >= 15 is 0 Å². The van der Waals surface area contributed by atoms with Crippen molar-refractivity contribution in [3.05, 3.63) is 0 Å². The Morgan fingerprint density at radius 3 is 2.57 bits per heavy atom. The minimum Gasteiger partial charge on any atom is -0.449 e. The Balaban J connectivity index is 1.73. The summed E-state index contributed by atoms with van der Waals surface area (Å²) in [5, 5.41) is 0. The van der Waals surface area contributed by atoms with Crippen LogP contribution in [0.15, 0.2) is 0 Å². The van der Waals surface area contributed by atoms with E-state index in [2.05, 4.69) is 6.92 Å². The summed E-state index contributed by atoms with van der Waals surface area (Å²) < 4.78 is 5.27. The van der Waals surface area contributed by atoms with Crippen molar-refractivity contribution in [2.75, 3.05) is 13.2 Å². The van der Waals surface area contributed by atoms with E-state index in [1.807, 2.05) is 4.90 Å². The fourth-order valence-electron chi connectivity index (χ4n) is 1.61. The van der Waals surface area contributed by atoms with Crippen LogP contribution in [0.5, 0.6) is 0 Å². The molecule has 0 heterocycles. The van der Waals surface area contributed by atoms with Crippen molar-refractivity contribution >= 4 is 6.09 Å². The van der Waals surface area contributed by atoms with Crippen LogP contribution in [0.1, 0.15) is 39.0 Å². The lowest BCUT2D eigenvalue weighted by atomic mass is 10.4. The molecule has 0 saturated heterocycles. The highest BCUT2D eigenvalue weighted by Gasteiger charge is 2.33. The van der Waals surface area contributed by atoms with Crippen molar-refractivity contribution in [3.63, 3.8) is 0 Å². The maximum atomic E-state index is 11.7. The van der Waals surface area contributed by atoms with E-state index in [1.54, 1.807) is 0 Å². The summed E-state index contributed by atoms with van der Waals surface area (Å²) in [7, 11) is 0. The topological polar surface area (TPSA) is 29.5 Å². The van der Waals surface area contributed by atoms with Gasteiger partial charge >= 0.3 is 6.09 Å². The molecule has 0 spiro atoms. The molecule has 0 aliphatic heterocycles. The normalized spacial score (nSPS) is 20.6. The highest BCUT2D eigenvalue weighted by atomic mass is 16.6. The van der Waals surface area contributed by atoms with Crippen molar-refractivity contribution in [2.24, 2.45) is 5.92 Å². The van der Waals surface area contributed by atoms with Gasteiger partial charge in [-0.3, -0.25) is 0 Å². The standard InChI is InChI=1S/C11H19NO2/c1-2-7-12(10-5-6-10)11(13)14-8-9-3-4-9/h9-10H,2-8H2,1H3. The summed E-state index contributed by atoms with van der Waals surface area (Å²) in [4.78, 5) is 13.6. The summed E-state index contributed by atoms with van der Waals surface area (Å²) in [6.07, 6.45) is 5.75. The van der Waals surface area contributed by atoms with Gasteiger partial charge in [0.1, 0.15) is 0 Å². The third-order valence-electron chi connectivity index (χ3n) is 2.83. The van der Waals surface area contributed by atoms with Crippen LogP contribution >= 0.6 is 0 Å². The maximum absolute atomic E-state index is 11.7. The molecule has 3 nitrogen and oxygen atoms in total. The second-order valence-corrected chi connectivity index (χ2v) is 4.44. The highest BCUT2D eigenvalue weighted by molar-refractivity contribution is 5.68. The number of nitrogens with zero attached hydrogens (tertiary/aromatic N) is 1. The molecular formula is C11H19NO2. The molecule has 0 radical (unpaired) electrons. The van der Waals surface area contributed by atoms with Gasteiger partial charge in [-0.1, -0.05) is 6.92 Å². The quantitative estimate of drug-likeness (QED) is 0.677. The van der Waals surface area contributed by atoms with Crippen LogP contribution in [-0.4, -0.2) is 30.2 Å². The van der Waals surface area contributed by atoms with Crippen LogP contribution in [0.25, 0.3) is 0 Å². The molecule has 2 fully saturated rings. The first-order valence-corrected chi connectivity index (χ1v) is 5.74. The van der Waals surface area contributed by atoms with E-state index in [1.165, 1.54) is 25.7 Å². The highest BCUT2D eigenvalue weighted by Crippen LogP contribution is 2.30. The SMILES string of the molecule is CCCN(C(=O)OCC1CC1)C1CC1. The zero-order chi connectivity index (χ0) is 9.97. The third kappa shape index (κ3) is 2.63. The van der Waals surface area contributed by atoms with Crippen LogP contribution in [0, 0.1) is 5.92 Å². The first-order chi connectivity index (χ1) is 6.81. The van der Waals surface area contributed by atoms with Gasteiger partial charge in [-0.25, -0.2) is 4.79 Å². The molecule has 0 unspecified atom stereocenters. The number of hydrogen-bond donors (Lipinski definition) is 0. The number of amides is 1. The Labute approximate surface area is 85.4 Å². The third-order valence-corrected chi connectivity index (χ3v) is 2.83. The molecular weight excluding hydrogens is 178 g/mol. The lowest BCUT2D eigenvalue weighted by Gasteiger charge is -2.20. The zero-order valence-corrected chi connectivity index (χ0v) is 8.87. The Bertz CT molecular complexity index is 209. The molecule has 1 amide bonds. The molecule has 3 heteroatoms. The fourth-order valence-corrected chi connectivity index (χ4v) is 1.61. The van der Waals surface area contributed by atoms with Crippen LogP contribution < -0.4 is 0 Å². The fraction of sp³-hybridized carbons (Fsp3) is 0.909. The minimum atomic E-state index is -0.0822. The Morgan fingerprint density at radius 1 is 1.36 bits per heavy atom. The predicted octanol–water partition coefficient (Wildman–Crippen LogP) is 2.41. The maximum Gasteiger partial charge on any atom is 0.410 e. The first-order valence-electron chi connectivity index (χ1n) is 5.74. The van der Waals surface area contributed by atoms with Crippen molar-refractivity contribution in [1.82, 2.24) is 4.90 Å². The van der Waals surface area contributed by atoms with E-state index in [0.29, 0.717) is 18.6 Å². The summed E-state index contributed by atoms with van der Waals surface area (Å²) >= 11 is 0. The molecule has 14 heavy (non-hydrogen) atoms. The summed E-state index contributed by atoms with van der Waals surface area (Å²) in [6, 6.07) is 0.488. The zero-order valence-electron chi connectivity index (χ0n) is 8.87. The lowest BCUT2D eigenvalue weighted by Crippen LogP contribution is -2.34. The Hall–Kier alpha value is -0.730. The van der Waals surface area contributed by atoms with E-state index < -0.39 is 0 Å². The molecule has 0 bridgehead atoms.